The molecule has 0 atom stereocenters. The summed E-state index contributed by atoms with van der Waals surface area (Å²) in [7, 11) is 1.98. The van der Waals surface area contributed by atoms with Crippen LogP contribution in [0.15, 0.2) is 18.5 Å². The van der Waals surface area contributed by atoms with Gasteiger partial charge in [-0.1, -0.05) is 13.8 Å². The van der Waals surface area contributed by atoms with Gasteiger partial charge in [-0.2, -0.15) is 5.10 Å². The maximum Gasteiger partial charge on any atom is 0.323 e. The Balaban J connectivity index is 1.54. The van der Waals surface area contributed by atoms with Crippen molar-refractivity contribution in [3.05, 3.63) is 29.0 Å². The highest BCUT2D eigenvalue weighted by Crippen LogP contribution is 2.29. The van der Waals surface area contributed by atoms with Crippen LogP contribution in [0.1, 0.15) is 49.1 Å². The average Bonchev–Trinajstić information content (AvgIpc) is 3.16. The maximum absolute atomic E-state index is 12.4. The lowest BCUT2D eigenvalue weighted by Gasteiger charge is -2.31. The van der Waals surface area contributed by atoms with E-state index in [1.165, 1.54) is 10.6 Å². The minimum absolute atomic E-state index is 0.0434. The lowest BCUT2D eigenvalue weighted by atomic mass is 9.93. The highest BCUT2D eigenvalue weighted by Gasteiger charge is 2.25. The predicted molar refractivity (Wildman–Crippen MR) is 92.0 cm³/mol. The van der Waals surface area contributed by atoms with Crippen LogP contribution in [0.5, 0.6) is 0 Å². The predicted octanol–water partition coefficient (Wildman–Crippen LogP) is 3.41. The minimum Gasteiger partial charge on any atom is -0.324 e. The topological polar surface area (TPSA) is 63.1 Å². The van der Waals surface area contributed by atoms with Crippen molar-refractivity contribution < 1.29 is 4.79 Å². The largest absolute Gasteiger partial charge is 0.324 e. The second-order valence-electron chi connectivity index (χ2n) is 6.29. The molecule has 0 saturated carbocycles. The van der Waals surface area contributed by atoms with E-state index in [0.717, 1.165) is 25.9 Å². The van der Waals surface area contributed by atoms with E-state index in [-0.39, 0.29) is 6.03 Å². The zero-order valence-electron chi connectivity index (χ0n) is 13.8. The van der Waals surface area contributed by atoms with Crippen molar-refractivity contribution >= 4 is 22.5 Å². The summed E-state index contributed by atoms with van der Waals surface area (Å²) >= 11 is 1.55. The van der Waals surface area contributed by atoms with Crippen LogP contribution in [0.2, 0.25) is 0 Å². The van der Waals surface area contributed by atoms with Gasteiger partial charge in [-0.25, -0.2) is 9.78 Å². The van der Waals surface area contributed by atoms with Crippen LogP contribution in [0.3, 0.4) is 0 Å². The molecular formula is C16H23N5OS. The van der Waals surface area contributed by atoms with Crippen LogP contribution >= 0.6 is 11.3 Å². The second-order valence-corrected chi connectivity index (χ2v) is 7.36. The molecule has 23 heavy (non-hydrogen) atoms. The molecular weight excluding hydrogens is 310 g/mol. The van der Waals surface area contributed by atoms with E-state index in [9.17, 15) is 4.79 Å². The summed E-state index contributed by atoms with van der Waals surface area (Å²) in [6, 6.07) is 2.03. The van der Waals surface area contributed by atoms with Gasteiger partial charge in [-0.05, 0) is 24.8 Å². The number of piperidine rings is 1. The highest BCUT2D eigenvalue weighted by atomic mass is 32.1. The van der Waals surface area contributed by atoms with Gasteiger partial charge < -0.3 is 4.90 Å². The molecule has 0 aromatic carbocycles. The minimum atomic E-state index is -0.0434. The molecule has 0 radical (unpaired) electrons. The van der Waals surface area contributed by atoms with E-state index in [1.807, 2.05) is 29.0 Å². The molecule has 0 spiro atoms. The van der Waals surface area contributed by atoms with E-state index >= 15 is 0 Å². The molecule has 0 bridgehead atoms. The van der Waals surface area contributed by atoms with Gasteiger partial charge in [0.05, 0.1) is 0 Å². The number of rotatable bonds is 3. The third kappa shape index (κ3) is 3.55. The van der Waals surface area contributed by atoms with Crippen molar-refractivity contribution in [2.75, 3.05) is 18.4 Å². The number of nitrogens with one attached hydrogen (secondary N) is 1. The van der Waals surface area contributed by atoms with Gasteiger partial charge in [0.2, 0.25) is 0 Å². The first-order chi connectivity index (χ1) is 11.0. The van der Waals surface area contributed by atoms with Crippen LogP contribution < -0.4 is 5.32 Å². The number of urea groups is 1. The summed E-state index contributed by atoms with van der Waals surface area (Å²) in [5.74, 6) is 0.923. The van der Waals surface area contributed by atoms with Crippen LogP contribution in [0.25, 0.3) is 0 Å². The number of hydrogen-bond donors (Lipinski definition) is 1. The van der Waals surface area contributed by atoms with Crippen molar-refractivity contribution in [3.8, 4) is 0 Å². The first-order valence-corrected chi connectivity index (χ1v) is 8.85. The highest BCUT2D eigenvalue weighted by molar-refractivity contribution is 7.15. The molecule has 1 aliphatic rings. The molecule has 2 aromatic heterocycles. The number of likely N-dealkylation sites (tertiary alicyclic amines) is 1. The molecule has 0 aliphatic carbocycles. The van der Waals surface area contributed by atoms with Crippen molar-refractivity contribution in [3.63, 3.8) is 0 Å². The lowest BCUT2D eigenvalue weighted by molar-refractivity contribution is 0.193. The van der Waals surface area contributed by atoms with Gasteiger partial charge in [0.1, 0.15) is 0 Å². The molecule has 1 N–H and O–H groups in total. The SMILES string of the molecule is CC(C)c1cnc(NC(=O)N2CCC(c3ccnn3C)CC2)s1. The fourth-order valence-electron chi connectivity index (χ4n) is 2.94. The normalized spacial score (nSPS) is 16.1. The molecule has 3 heterocycles. The van der Waals surface area contributed by atoms with E-state index < -0.39 is 0 Å². The van der Waals surface area contributed by atoms with Crippen LogP contribution in [-0.2, 0) is 7.05 Å². The third-order valence-electron chi connectivity index (χ3n) is 4.37. The van der Waals surface area contributed by atoms with E-state index in [4.69, 9.17) is 0 Å². The van der Waals surface area contributed by atoms with Gasteiger partial charge >= 0.3 is 6.03 Å². The summed E-state index contributed by atoms with van der Waals surface area (Å²) < 4.78 is 1.93. The number of aryl methyl sites for hydroxylation is 1. The van der Waals surface area contributed by atoms with Crippen molar-refractivity contribution in [2.45, 2.75) is 38.5 Å². The summed E-state index contributed by atoms with van der Waals surface area (Å²) in [6.07, 6.45) is 5.63. The number of hydrogen-bond acceptors (Lipinski definition) is 4. The summed E-state index contributed by atoms with van der Waals surface area (Å²) in [6.45, 7) is 5.79. The molecule has 7 heteroatoms. The zero-order valence-corrected chi connectivity index (χ0v) is 14.6. The first-order valence-electron chi connectivity index (χ1n) is 8.04. The molecule has 1 saturated heterocycles. The number of anilines is 1. The zero-order chi connectivity index (χ0) is 16.4. The van der Waals surface area contributed by atoms with E-state index in [1.54, 1.807) is 11.3 Å². The van der Waals surface area contributed by atoms with Gasteiger partial charge in [-0.15, -0.1) is 11.3 Å². The number of carbonyl (C=O) groups excluding carboxylic acids is 1. The van der Waals surface area contributed by atoms with Crippen molar-refractivity contribution in [1.29, 1.82) is 0 Å². The smallest absolute Gasteiger partial charge is 0.323 e. The van der Waals surface area contributed by atoms with E-state index in [2.05, 4.69) is 35.3 Å². The number of nitrogens with zero attached hydrogens (tertiary/aromatic N) is 4. The number of carbonyl (C=O) groups is 1. The Kier molecular flexibility index (Phi) is 4.66. The number of aromatic nitrogens is 3. The fourth-order valence-corrected chi connectivity index (χ4v) is 3.75. The average molecular weight is 333 g/mol. The Labute approximate surface area is 140 Å². The van der Waals surface area contributed by atoms with Gasteiger partial charge in [0, 0.05) is 49.0 Å². The molecule has 6 nitrogen and oxygen atoms in total. The molecule has 2 amide bonds. The van der Waals surface area contributed by atoms with Crippen LogP contribution in [0, 0.1) is 0 Å². The van der Waals surface area contributed by atoms with Crippen molar-refractivity contribution in [2.24, 2.45) is 7.05 Å². The number of amides is 2. The van der Waals surface area contributed by atoms with E-state index in [0.29, 0.717) is 17.0 Å². The summed E-state index contributed by atoms with van der Waals surface area (Å²) in [5, 5.41) is 7.85. The standard InChI is InChI=1S/C16H23N5OS/c1-11(2)14-10-17-15(23-14)19-16(22)21-8-5-12(6-9-21)13-4-7-18-20(13)3/h4,7,10-12H,5-6,8-9H2,1-3H3,(H,17,19,22). The Morgan fingerprint density at radius 2 is 2.13 bits per heavy atom. The Hall–Kier alpha value is -1.89. The molecule has 2 aromatic rings. The molecule has 1 aliphatic heterocycles. The molecule has 1 fully saturated rings. The molecule has 124 valence electrons. The monoisotopic (exact) mass is 333 g/mol. The molecule has 3 rings (SSSR count). The maximum atomic E-state index is 12.4. The fraction of sp³-hybridized carbons (Fsp3) is 0.562. The first kappa shape index (κ1) is 16.0. The summed E-state index contributed by atoms with van der Waals surface area (Å²) in [4.78, 5) is 19.7. The van der Waals surface area contributed by atoms with Crippen molar-refractivity contribution in [1.82, 2.24) is 19.7 Å². The third-order valence-corrected chi connectivity index (χ3v) is 5.58. The Bertz CT molecular complexity index is 670. The molecule has 0 unspecified atom stereocenters. The van der Waals surface area contributed by atoms with Gasteiger partial charge in [-0.3, -0.25) is 10.00 Å². The van der Waals surface area contributed by atoms with Gasteiger partial charge in [0.15, 0.2) is 5.13 Å². The number of thiazole rings is 1. The van der Waals surface area contributed by atoms with Gasteiger partial charge in [0.25, 0.3) is 0 Å². The Morgan fingerprint density at radius 3 is 2.70 bits per heavy atom. The summed E-state index contributed by atoms with van der Waals surface area (Å²) in [5.41, 5.74) is 1.26. The lowest BCUT2D eigenvalue weighted by Crippen LogP contribution is -2.40. The Morgan fingerprint density at radius 1 is 1.39 bits per heavy atom. The van der Waals surface area contributed by atoms with Crippen LogP contribution in [0.4, 0.5) is 9.93 Å². The van der Waals surface area contributed by atoms with Crippen LogP contribution in [-0.4, -0.2) is 38.8 Å². The second kappa shape index (κ2) is 6.70. The quantitative estimate of drug-likeness (QED) is 0.936.